The van der Waals surface area contributed by atoms with Crippen molar-refractivity contribution >= 4 is 11.7 Å². The standard InChI is InChI=1S/C21H21N5O2/c27-20(14-16-6-8-19(9-7-16)26-15-22-23-24-26)25-12-10-18(11-13-25)21(28)17-4-2-1-3-5-17/h1-9,15,18H,10-14H2. The third-order valence-electron chi connectivity index (χ3n) is 5.18. The van der Waals surface area contributed by atoms with Crippen LogP contribution < -0.4 is 0 Å². The highest BCUT2D eigenvalue weighted by Crippen LogP contribution is 2.22. The Balaban J connectivity index is 1.31. The molecule has 0 N–H and O–H groups in total. The minimum atomic E-state index is 0.00187. The summed E-state index contributed by atoms with van der Waals surface area (Å²) < 4.78 is 1.57. The molecule has 4 rings (SSSR count). The lowest BCUT2D eigenvalue weighted by Gasteiger charge is -2.31. The van der Waals surface area contributed by atoms with Crippen LogP contribution in [0.25, 0.3) is 5.69 Å². The van der Waals surface area contributed by atoms with Gasteiger partial charge in [0.05, 0.1) is 12.1 Å². The van der Waals surface area contributed by atoms with Gasteiger partial charge in [-0.1, -0.05) is 42.5 Å². The SMILES string of the molecule is O=C(c1ccccc1)C1CCN(C(=O)Cc2ccc(-n3cnnn3)cc2)CC1. The number of amides is 1. The monoisotopic (exact) mass is 375 g/mol. The summed E-state index contributed by atoms with van der Waals surface area (Å²) in [6, 6.07) is 17.0. The van der Waals surface area contributed by atoms with Crippen molar-refractivity contribution in [3.63, 3.8) is 0 Å². The van der Waals surface area contributed by atoms with E-state index in [0.717, 1.165) is 29.7 Å². The summed E-state index contributed by atoms with van der Waals surface area (Å²) in [4.78, 5) is 27.1. The first kappa shape index (κ1) is 18.0. The highest BCUT2D eigenvalue weighted by molar-refractivity contribution is 5.98. The largest absolute Gasteiger partial charge is 0.342 e. The predicted octanol–water partition coefficient (Wildman–Crippen LogP) is 2.33. The normalized spacial score (nSPS) is 14.8. The highest BCUT2D eigenvalue weighted by Gasteiger charge is 2.27. The number of carbonyl (C=O) groups is 2. The van der Waals surface area contributed by atoms with Crippen LogP contribution in [-0.4, -0.2) is 49.9 Å². The molecule has 0 saturated carbocycles. The highest BCUT2D eigenvalue weighted by atomic mass is 16.2. The van der Waals surface area contributed by atoms with Crippen LogP contribution >= 0.6 is 0 Å². The minimum Gasteiger partial charge on any atom is -0.342 e. The van der Waals surface area contributed by atoms with Gasteiger partial charge in [-0.2, -0.15) is 0 Å². The Hall–Kier alpha value is -3.35. The molecular weight excluding hydrogens is 354 g/mol. The zero-order chi connectivity index (χ0) is 19.3. The van der Waals surface area contributed by atoms with Gasteiger partial charge in [0.25, 0.3) is 0 Å². The van der Waals surface area contributed by atoms with Gasteiger partial charge >= 0.3 is 0 Å². The molecule has 1 aliphatic rings. The molecule has 3 aromatic rings. The number of Topliss-reactive ketones (excluding diaryl/α,β-unsaturated/α-hetero) is 1. The third kappa shape index (κ3) is 3.98. The first-order valence-corrected chi connectivity index (χ1v) is 9.40. The number of hydrogen-bond acceptors (Lipinski definition) is 5. The zero-order valence-electron chi connectivity index (χ0n) is 15.4. The van der Waals surface area contributed by atoms with E-state index in [0.29, 0.717) is 19.5 Å². The molecule has 1 aliphatic heterocycles. The molecule has 1 fully saturated rings. The number of piperidine rings is 1. The molecular formula is C21H21N5O2. The van der Waals surface area contributed by atoms with E-state index in [2.05, 4.69) is 15.5 Å². The predicted molar refractivity (Wildman–Crippen MR) is 103 cm³/mol. The average molecular weight is 375 g/mol. The van der Waals surface area contributed by atoms with Gasteiger partial charge in [-0.15, -0.1) is 5.10 Å². The van der Waals surface area contributed by atoms with E-state index in [1.54, 1.807) is 4.68 Å². The van der Waals surface area contributed by atoms with Gasteiger partial charge in [0, 0.05) is 24.6 Å². The van der Waals surface area contributed by atoms with E-state index < -0.39 is 0 Å². The molecule has 28 heavy (non-hydrogen) atoms. The third-order valence-corrected chi connectivity index (χ3v) is 5.18. The topological polar surface area (TPSA) is 81.0 Å². The molecule has 0 aliphatic carbocycles. The van der Waals surface area contributed by atoms with E-state index >= 15 is 0 Å². The smallest absolute Gasteiger partial charge is 0.226 e. The van der Waals surface area contributed by atoms with Crippen LogP contribution in [0.3, 0.4) is 0 Å². The van der Waals surface area contributed by atoms with Gasteiger partial charge < -0.3 is 4.90 Å². The lowest BCUT2D eigenvalue weighted by molar-refractivity contribution is -0.131. The number of aromatic nitrogens is 4. The Morgan fingerprint density at radius 3 is 2.32 bits per heavy atom. The summed E-state index contributed by atoms with van der Waals surface area (Å²) in [5.41, 5.74) is 2.56. The Kier molecular flexibility index (Phi) is 5.23. The molecule has 2 aromatic carbocycles. The molecule has 7 nitrogen and oxygen atoms in total. The number of nitrogens with zero attached hydrogens (tertiary/aromatic N) is 5. The zero-order valence-corrected chi connectivity index (χ0v) is 15.4. The van der Waals surface area contributed by atoms with Crippen molar-refractivity contribution in [2.45, 2.75) is 19.3 Å². The van der Waals surface area contributed by atoms with Crippen molar-refractivity contribution in [3.05, 3.63) is 72.1 Å². The molecule has 1 aromatic heterocycles. The number of hydrogen-bond donors (Lipinski definition) is 0. The van der Waals surface area contributed by atoms with Crippen molar-refractivity contribution in [1.82, 2.24) is 25.1 Å². The van der Waals surface area contributed by atoms with E-state index in [1.807, 2.05) is 59.5 Å². The molecule has 0 unspecified atom stereocenters. The second kappa shape index (κ2) is 8.12. The van der Waals surface area contributed by atoms with E-state index in [1.165, 1.54) is 6.33 Å². The van der Waals surface area contributed by atoms with Gasteiger partial charge in [0.1, 0.15) is 6.33 Å². The second-order valence-electron chi connectivity index (χ2n) is 6.98. The van der Waals surface area contributed by atoms with Crippen molar-refractivity contribution in [2.24, 2.45) is 5.92 Å². The lowest BCUT2D eigenvalue weighted by atomic mass is 9.88. The summed E-state index contributed by atoms with van der Waals surface area (Å²) in [6.07, 6.45) is 3.32. The van der Waals surface area contributed by atoms with Gasteiger partial charge in [0.2, 0.25) is 5.91 Å². The molecule has 0 atom stereocenters. The van der Waals surface area contributed by atoms with E-state index in [-0.39, 0.29) is 17.6 Å². The number of carbonyl (C=O) groups excluding carboxylic acids is 2. The Bertz CT molecular complexity index is 931. The fraction of sp³-hybridized carbons (Fsp3) is 0.286. The van der Waals surface area contributed by atoms with Crippen LogP contribution in [0.15, 0.2) is 60.9 Å². The molecule has 0 spiro atoms. The fourth-order valence-corrected chi connectivity index (χ4v) is 3.56. The van der Waals surface area contributed by atoms with Gasteiger partial charge in [-0.25, -0.2) is 4.68 Å². The molecule has 0 radical (unpaired) electrons. The van der Waals surface area contributed by atoms with E-state index in [4.69, 9.17) is 0 Å². The van der Waals surface area contributed by atoms with Crippen LogP contribution in [0.4, 0.5) is 0 Å². The number of likely N-dealkylation sites (tertiary alicyclic amines) is 1. The van der Waals surface area contributed by atoms with Crippen LogP contribution in [0.1, 0.15) is 28.8 Å². The Morgan fingerprint density at radius 2 is 1.68 bits per heavy atom. The number of tetrazole rings is 1. The van der Waals surface area contributed by atoms with Crippen LogP contribution in [0.5, 0.6) is 0 Å². The maximum absolute atomic E-state index is 12.6. The molecule has 2 heterocycles. The first-order chi connectivity index (χ1) is 13.7. The minimum absolute atomic E-state index is 0.00187. The van der Waals surface area contributed by atoms with Crippen LogP contribution in [-0.2, 0) is 11.2 Å². The van der Waals surface area contributed by atoms with Crippen LogP contribution in [0, 0.1) is 5.92 Å². The van der Waals surface area contributed by atoms with E-state index in [9.17, 15) is 9.59 Å². The summed E-state index contributed by atoms with van der Waals surface area (Å²) in [6.45, 7) is 1.26. The average Bonchev–Trinajstić information content (AvgIpc) is 3.29. The molecule has 1 amide bonds. The Labute approximate surface area is 163 Å². The lowest BCUT2D eigenvalue weighted by Crippen LogP contribution is -2.41. The maximum atomic E-state index is 12.6. The maximum Gasteiger partial charge on any atom is 0.226 e. The summed E-state index contributed by atoms with van der Waals surface area (Å²) in [7, 11) is 0. The van der Waals surface area contributed by atoms with Gasteiger partial charge in [-0.3, -0.25) is 9.59 Å². The van der Waals surface area contributed by atoms with Crippen molar-refractivity contribution in [3.8, 4) is 5.69 Å². The molecule has 0 bridgehead atoms. The first-order valence-electron chi connectivity index (χ1n) is 9.40. The fourth-order valence-electron chi connectivity index (χ4n) is 3.56. The number of benzene rings is 2. The summed E-state index contributed by atoms with van der Waals surface area (Å²) >= 11 is 0. The van der Waals surface area contributed by atoms with Crippen LogP contribution in [0.2, 0.25) is 0 Å². The quantitative estimate of drug-likeness (QED) is 0.640. The van der Waals surface area contributed by atoms with Crippen molar-refractivity contribution < 1.29 is 9.59 Å². The molecule has 7 heteroatoms. The second-order valence-corrected chi connectivity index (χ2v) is 6.98. The van der Waals surface area contributed by atoms with Crippen molar-refractivity contribution in [1.29, 1.82) is 0 Å². The summed E-state index contributed by atoms with van der Waals surface area (Å²) in [5.74, 6) is 0.286. The van der Waals surface area contributed by atoms with Crippen molar-refractivity contribution in [2.75, 3.05) is 13.1 Å². The number of ketones is 1. The molecule has 142 valence electrons. The molecule has 1 saturated heterocycles. The summed E-state index contributed by atoms with van der Waals surface area (Å²) in [5, 5.41) is 11.1. The number of rotatable bonds is 5. The van der Waals surface area contributed by atoms with Gasteiger partial charge in [-0.05, 0) is 41.0 Å². The van der Waals surface area contributed by atoms with Gasteiger partial charge in [0.15, 0.2) is 5.78 Å². The Morgan fingerprint density at radius 1 is 0.964 bits per heavy atom.